The van der Waals surface area contributed by atoms with Crippen LogP contribution in [0.3, 0.4) is 0 Å². The summed E-state index contributed by atoms with van der Waals surface area (Å²) in [5.41, 5.74) is 2.11. The van der Waals surface area contributed by atoms with Gasteiger partial charge in [0.2, 0.25) is 0 Å². The predicted molar refractivity (Wildman–Crippen MR) is 77.9 cm³/mol. The smallest absolute Gasteiger partial charge is 0.341 e. The van der Waals surface area contributed by atoms with E-state index in [4.69, 9.17) is 5.11 Å². The molecular formula is C15H17N3O2. The Hall–Kier alpha value is -2.43. The zero-order chi connectivity index (χ0) is 14.5. The Labute approximate surface area is 117 Å². The highest BCUT2D eigenvalue weighted by Gasteiger charge is 2.13. The molecule has 0 spiro atoms. The summed E-state index contributed by atoms with van der Waals surface area (Å²) < 4.78 is 0. The quantitative estimate of drug-likeness (QED) is 0.874. The van der Waals surface area contributed by atoms with Gasteiger partial charge >= 0.3 is 5.97 Å². The molecule has 2 N–H and O–H groups in total. The number of aryl methyl sites for hydroxylation is 1. The molecule has 20 heavy (non-hydrogen) atoms. The number of rotatable bonds is 5. The summed E-state index contributed by atoms with van der Waals surface area (Å²) in [5.74, 6) is -0.141. The van der Waals surface area contributed by atoms with Crippen LogP contribution in [0.4, 0.5) is 5.82 Å². The third-order valence-electron chi connectivity index (χ3n) is 2.87. The van der Waals surface area contributed by atoms with E-state index in [2.05, 4.69) is 15.3 Å². The first-order valence-corrected chi connectivity index (χ1v) is 6.53. The van der Waals surface area contributed by atoms with Gasteiger partial charge in [0, 0.05) is 18.3 Å². The van der Waals surface area contributed by atoms with Gasteiger partial charge in [-0.2, -0.15) is 0 Å². The largest absolute Gasteiger partial charge is 0.477 e. The standard InChI is InChI=1S/C15H17N3O2/c1-3-8-16-14-12(15(19)20)9-17-13(18-14)11-6-4-10(2)5-7-11/h4-7,9H,3,8H2,1-2H3,(H,19,20)(H,16,17,18). The Bertz CT molecular complexity index is 609. The fourth-order valence-electron chi connectivity index (χ4n) is 1.76. The van der Waals surface area contributed by atoms with Gasteiger partial charge in [-0.25, -0.2) is 14.8 Å². The van der Waals surface area contributed by atoms with Crippen LogP contribution in [0.1, 0.15) is 29.3 Å². The van der Waals surface area contributed by atoms with E-state index in [0.717, 1.165) is 17.5 Å². The Morgan fingerprint density at radius 2 is 2.00 bits per heavy atom. The van der Waals surface area contributed by atoms with Gasteiger partial charge in [0.1, 0.15) is 11.4 Å². The fourth-order valence-corrected chi connectivity index (χ4v) is 1.76. The van der Waals surface area contributed by atoms with E-state index >= 15 is 0 Å². The monoisotopic (exact) mass is 271 g/mol. The Morgan fingerprint density at radius 1 is 1.30 bits per heavy atom. The van der Waals surface area contributed by atoms with Gasteiger partial charge in [-0.15, -0.1) is 0 Å². The number of nitrogens with one attached hydrogen (secondary N) is 1. The molecule has 2 rings (SSSR count). The molecule has 0 aliphatic heterocycles. The first kappa shape index (κ1) is 14.0. The molecule has 1 heterocycles. The molecule has 104 valence electrons. The van der Waals surface area contributed by atoms with Crippen molar-refractivity contribution in [3.63, 3.8) is 0 Å². The molecule has 0 amide bonds. The summed E-state index contributed by atoms with van der Waals surface area (Å²) >= 11 is 0. The molecule has 1 aromatic heterocycles. The minimum Gasteiger partial charge on any atom is -0.477 e. The van der Waals surface area contributed by atoms with Crippen LogP contribution >= 0.6 is 0 Å². The van der Waals surface area contributed by atoms with E-state index < -0.39 is 5.97 Å². The number of carboxylic acid groups (broad SMARTS) is 1. The Morgan fingerprint density at radius 3 is 2.60 bits per heavy atom. The molecular weight excluding hydrogens is 254 g/mol. The van der Waals surface area contributed by atoms with Gasteiger partial charge in [0.05, 0.1) is 0 Å². The van der Waals surface area contributed by atoms with Crippen LogP contribution in [0.2, 0.25) is 0 Å². The van der Waals surface area contributed by atoms with Crippen molar-refractivity contribution in [2.45, 2.75) is 20.3 Å². The van der Waals surface area contributed by atoms with Crippen molar-refractivity contribution in [2.75, 3.05) is 11.9 Å². The molecule has 0 atom stereocenters. The Kier molecular flexibility index (Phi) is 4.30. The third-order valence-corrected chi connectivity index (χ3v) is 2.87. The number of anilines is 1. The maximum atomic E-state index is 11.2. The minimum absolute atomic E-state index is 0.0920. The van der Waals surface area contributed by atoms with E-state index in [1.54, 1.807) is 0 Å². The number of carboxylic acids is 1. The highest BCUT2D eigenvalue weighted by atomic mass is 16.4. The van der Waals surface area contributed by atoms with Crippen LogP contribution < -0.4 is 5.32 Å². The number of benzene rings is 1. The zero-order valence-electron chi connectivity index (χ0n) is 11.6. The summed E-state index contributed by atoms with van der Waals surface area (Å²) in [6.45, 7) is 4.69. The molecule has 0 aliphatic carbocycles. The van der Waals surface area contributed by atoms with Gasteiger partial charge in [-0.1, -0.05) is 36.8 Å². The van der Waals surface area contributed by atoms with Crippen molar-refractivity contribution < 1.29 is 9.90 Å². The molecule has 0 bridgehead atoms. The van der Waals surface area contributed by atoms with Crippen molar-refractivity contribution in [1.29, 1.82) is 0 Å². The topological polar surface area (TPSA) is 75.1 Å². The molecule has 0 fully saturated rings. The first-order valence-electron chi connectivity index (χ1n) is 6.53. The van der Waals surface area contributed by atoms with Crippen molar-refractivity contribution in [3.8, 4) is 11.4 Å². The summed E-state index contributed by atoms with van der Waals surface area (Å²) in [6, 6.07) is 7.80. The zero-order valence-corrected chi connectivity index (χ0v) is 11.6. The maximum Gasteiger partial charge on any atom is 0.341 e. The van der Waals surface area contributed by atoms with Crippen LogP contribution in [-0.4, -0.2) is 27.6 Å². The van der Waals surface area contributed by atoms with Gasteiger partial charge in [-0.05, 0) is 13.3 Å². The van der Waals surface area contributed by atoms with E-state index in [1.165, 1.54) is 6.20 Å². The number of aromatic nitrogens is 2. The first-order chi connectivity index (χ1) is 9.61. The number of aromatic carboxylic acids is 1. The normalized spacial score (nSPS) is 10.3. The highest BCUT2D eigenvalue weighted by molar-refractivity contribution is 5.93. The van der Waals surface area contributed by atoms with E-state index in [9.17, 15) is 4.79 Å². The summed E-state index contributed by atoms with van der Waals surface area (Å²) in [7, 11) is 0. The van der Waals surface area contributed by atoms with Crippen molar-refractivity contribution in [1.82, 2.24) is 9.97 Å². The molecule has 0 radical (unpaired) electrons. The van der Waals surface area contributed by atoms with Crippen LogP contribution in [0.25, 0.3) is 11.4 Å². The molecule has 2 aromatic rings. The second kappa shape index (κ2) is 6.14. The van der Waals surface area contributed by atoms with Crippen molar-refractivity contribution in [3.05, 3.63) is 41.6 Å². The lowest BCUT2D eigenvalue weighted by molar-refractivity contribution is 0.0697. The molecule has 5 nitrogen and oxygen atoms in total. The SMILES string of the molecule is CCCNc1nc(-c2ccc(C)cc2)ncc1C(=O)O. The van der Waals surface area contributed by atoms with Gasteiger partial charge < -0.3 is 10.4 Å². The molecule has 0 saturated heterocycles. The van der Waals surface area contributed by atoms with E-state index in [0.29, 0.717) is 18.2 Å². The summed E-state index contributed by atoms with van der Waals surface area (Å²) in [5, 5.41) is 12.2. The average molecular weight is 271 g/mol. The minimum atomic E-state index is -1.03. The Balaban J connectivity index is 2.40. The third kappa shape index (κ3) is 3.12. The second-order valence-corrected chi connectivity index (χ2v) is 4.55. The van der Waals surface area contributed by atoms with Crippen LogP contribution in [0.5, 0.6) is 0 Å². The van der Waals surface area contributed by atoms with Crippen LogP contribution in [0.15, 0.2) is 30.5 Å². The number of hydrogen-bond donors (Lipinski definition) is 2. The number of hydrogen-bond acceptors (Lipinski definition) is 4. The molecule has 5 heteroatoms. The van der Waals surface area contributed by atoms with Crippen molar-refractivity contribution in [2.24, 2.45) is 0 Å². The van der Waals surface area contributed by atoms with E-state index in [1.807, 2.05) is 38.1 Å². The highest BCUT2D eigenvalue weighted by Crippen LogP contribution is 2.20. The van der Waals surface area contributed by atoms with Crippen molar-refractivity contribution >= 4 is 11.8 Å². The number of carbonyl (C=O) groups is 1. The molecule has 0 aliphatic rings. The summed E-state index contributed by atoms with van der Waals surface area (Å²) in [4.78, 5) is 19.6. The van der Waals surface area contributed by atoms with Gasteiger partial charge in [-0.3, -0.25) is 0 Å². The molecule has 0 unspecified atom stereocenters. The van der Waals surface area contributed by atoms with Gasteiger partial charge in [0.25, 0.3) is 0 Å². The lowest BCUT2D eigenvalue weighted by Gasteiger charge is -2.09. The van der Waals surface area contributed by atoms with Gasteiger partial charge in [0.15, 0.2) is 5.82 Å². The molecule has 0 saturated carbocycles. The predicted octanol–water partition coefficient (Wildman–Crippen LogP) is 2.97. The average Bonchev–Trinajstić information content (AvgIpc) is 2.45. The molecule has 1 aromatic carbocycles. The lowest BCUT2D eigenvalue weighted by atomic mass is 10.1. The lowest BCUT2D eigenvalue weighted by Crippen LogP contribution is -2.10. The van der Waals surface area contributed by atoms with Crippen LogP contribution in [0, 0.1) is 6.92 Å². The van der Waals surface area contributed by atoms with Crippen LogP contribution in [-0.2, 0) is 0 Å². The van der Waals surface area contributed by atoms with E-state index in [-0.39, 0.29) is 5.56 Å². The number of nitrogens with zero attached hydrogens (tertiary/aromatic N) is 2. The second-order valence-electron chi connectivity index (χ2n) is 4.55. The fraction of sp³-hybridized carbons (Fsp3) is 0.267. The summed E-state index contributed by atoms with van der Waals surface area (Å²) in [6.07, 6.45) is 2.24. The maximum absolute atomic E-state index is 11.2.